The third kappa shape index (κ3) is 4.46. The van der Waals surface area contributed by atoms with Crippen LogP contribution in [0.2, 0.25) is 0 Å². The summed E-state index contributed by atoms with van der Waals surface area (Å²) < 4.78 is 6.61. The molecule has 0 bridgehead atoms. The average Bonchev–Trinajstić information content (AvgIpc) is 3.32. The molecule has 0 heterocycles. The van der Waals surface area contributed by atoms with Gasteiger partial charge in [-0.1, -0.05) is 44.9 Å². The molecule has 0 spiro atoms. The van der Waals surface area contributed by atoms with Gasteiger partial charge in [0.1, 0.15) is 0 Å². The van der Waals surface area contributed by atoms with Crippen LogP contribution in [0.1, 0.15) is 83.5 Å². The van der Waals surface area contributed by atoms with Crippen LogP contribution in [-0.4, -0.2) is 24.8 Å². The van der Waals surface area contributed by atoms with Crippen molar-refractivity contribution in [2.45, 2.75) is 95.1 Å². The Morgan fingerprint density at radius 3 is 2.10 bits per heavy atom. The number of hydrogen-bond donors (Lipinski definition) is 1. The molecular weight excluding hydrogens is 246 g/mol. The van der Waals surface area contributed by atoms with Crippen molar-refractivity contribution in [2.24, 2.45) is 5.92 Å². The van der Waals surface area contributed by atoms with E-state index in [1.165, 1.54) is 83.5 Å². The lowest BCUT2D eigenvalue weighted by Crippen LogP contribution is -2.44. The Balaban J connectivity index is 1.51. The largest absolute Gasteiger partial charge is 0.373 e. The summed E-state index contributed by atoms with van der Waals surface area (Å²) in [5, 5.41) is 3.76. The van der Waals surface area contributed by atoms with Crippen molar-refractivity contribution in [1.29, 1.82) is 0 Å². The molecule has 3 saturated carbocycles. The fourth-order valence-electron chi connectivity index (χ4n) is 4.01. The lowest BCUT2D eigenvalue weighted by atomic mass is 9.89. The highest BCUT2D eigenvalue weighted by molar-refractivity contribution is 4.90. The summed E-state index contributed by atoms with van der Waals surface area (Å²) in [5.41, 5.74) is 0.177. The molecule has 3 aliphatic carbocycles. The number of hydrogen-bond acceptors (Lipinski definition) is 2. The zero-order valence-electron chi connectivity index (χ0n) is 13.2. The van der Waals surface area contributed by atoms with E-state index in [4.69, 9.17) is 4.74 Å². The standard InChI is InChI=1S/C18H33NO/c1-2-7-13-18(12-6-1,15-19-17-10-11-17)20-14-16-8-4-3-5-9-16/h16-17,19H,1-15H2. The van der Waals surface area contributed by atoms with E-state index in [-0.39, 0.29) is 5.60 Å². The first-order chi connectivity index (χ1) is 9.86. The van der Waals surface area contributed by atoms with Gasteiger partial charge >= 0.3 is 0 Å². The molecule has 0 aliphatic heterocycles. The van der Waals surface area contributed by atoms with Gasteiger partial charge in [-0.2, -0.15) is 0 Å². The van der Waals surface area contributed by atoms with Crippen molar-refractivity contribution in [3.63, 3.8) is 0 Å². The van der Waals surface area contributed by atoms with Gasteiger partial charge in [0, 0.05) is 12.6 Å². The van der Waals surface area contributed by atoms with Crippen molar-refractivity contribution in [1.82, 2.24) is 5.32 Å². The van der Waals surface area contributed by atoms with Crippen LogP contribution >= 0.6 is 0 Å². The number of rotatable bonds is 6. The molecular formula is C18H33NO. The van der Waals surface area contributed by atoms with Gasteiger partial charge in [0.15, 0.2) is 0 Å². The molecule has 1 N–H and O–H groups in total. The highest BCUT2D eigenvalue weighted by Gasteiger charge is 2.34. The van der Waals surface area contributed by atoms with Crippen molar-refractivity contribution in [3.8, 4) is 0 Å². The molecule has 2 nitrogen and oxygen atoms in total. The van der Waals surface area contributed by atoms with Crippen molar-refractivity contribution in [2.75, 3.05) is 13.2 Å². The molecule has 3 aliphatic rings. The molecule has 3 fully saturated rings. The molecule has 116 valence electrons. The van der Waals surface area contributed by atoms with Crippen molar-refractivity contribution >= 4 is 0 Å². The summed E-state index contributed by atoms with van der Waals surface area (Å²) in [6, 6.07) is 0.813. The van der Waals surface area contributed by atoms with Crippen LogP contribution in [0.5, 0.6) is 0 Å². The van der Waals surface area contributed by atoms with Gasteiger partial charge in [0.25, 0.3) is 0 Å². The number of nitrogens with one attached hydrogen (secondary N) is 1. The van der Waals surface area contributed by atoms with Gasteiger partial charge in [-0.25, -0.2) is 0 Å². The molecule has 0 unspecified atom stereocenters. The zero-order valence-corrected chi connectivity index (χ0v) is 13.2. The Labute approximate surface area is 125 Å². The van der Waals surface area contributed by atoms with E-state index in [2.05, 4.69) is 5.32 Å². The highest BCUT2D eigenvalue weighted by Crippen LogP contribution is 2.33. The first-order valence-electron chi connectivity index (χ1n) is 9.24. The SMILES string of the molecule is C1CCC(COC2(CNC3CC3)CCCCCC2)CC1. The molecule has 2 heteroatoms. The Morgan fingerprint density at radius 2 is 1.45 bits per heavy atom. The smallest absolute Gasteiger partial charge is 0.0806 e. The maximum atomic E-state index is 6.61. The molecule has 0 atom stereocenters. The second kappa shape index (κ2) is 7.26. The van der Waals surface area contributed by atoms with Crippen LogP contribution in [0.4, 0.5) is 0 Å². The topological polar surface area (TPSA) is 21.3 Å². The van der Waals surface area contributed by atoms with Gasteiger partial charge in [0.2, 0.25) is 0 Å². The monoisotopic (exact) mass is 279 g/mol. The van der Waals surface area contributed by atoms with Crippen LogP contribution in [-0.2, 0) is 4.74 Å². The zero-order chi connectivity index (χ0) is 13.7. The minimum absolute atomic E-state index is 0.177. The van der Waals surface area contributed by atoms with Gasteiger partial charge in [-0.3, -0.25) is 0 Å². The molecule has 0 radical (unpaired) electrons. The molecule has 0 amide bonds. The number of ether oxygens (including phenoxy) is 1. The van der Waals surface area contributed by atoms with Gasteiger partial charge in [-0.05, 0) is 44.4 Å². The Bertz CT molecular complexity index is 273. The summed E-state index contributed by atoms with van der Waals surface area (Å²) in [6.45, 7) is 2.15. The van der Waals surface area contributed by atoms with E-state index < -0.39 is 0 Å². The van der Waals surface area contributed by atoms with E-state index in [9.17, 15) is 0 Å². The normalized spacial score (nSPS) is 28.2. The first-order valence-corrected chi connectivity index (χ1v) is 9.24. The van der Waals surface area contributed by atoms with Crippen LogP contribution in [0.15, 0.2) is 0 Å². The Kier molecular flexibility index (Phi) is 5.39. The van der Waals surface area contributed by atoms with Crippen molar-refractivity contribution < 1.29 is 4.74 Å². The summed E-state index contributed by atoms with van der Waals surface area (Å²) in [7, 11) is 0. The van der Waals surface area contributed by atoms with Crippen LogP contribution in [0.3, 0.4) is 0 Å². The fraction of sp³-hybridized carbons (Fsp3) is 1.00. The van der Waals surface area contributed by atoms with E-state index in [0.29, 0.717) is 0 Å². The minimum atomic E-state index is 0.177. The van der Waals surface area contributed by atoms with Crippen LogP contribution in [0, 0.1) is 5.92 Å². The van der Waals surface area contributed by atoms with E-state index >= 15 is 0 Å². The first kappa shape index (κ1) is 14.8. The van der Waals surface area contributed by atoms with Crippen LogP contribution < -0.4 is 5.32 Å². The Hall–Kier alpha value is -0.0800. The molecule has 20 heavy (non-hydrogen) atoms. The summed E-state index contributed by atoms with van der Waals surface area (Å²) >= 11 is 0. The average molecular weight is 279 g/mol. The third-order valence-electron chi connectivity index (χ3n) is 5.66. The molecule has 0 aromatic heterocycles. The predicted molar refractivity (Wildman–Crippen MR) is 84.0 cm³/mol. The quantitative estimate of drug-likeness (QED) is 0.726. The predicted octanol–water partition coefficient (Wildman–Crippen LogP) is 4.43. The summed E-state index contributed by atoms with van der Waals surface area (Å²) in [5.74, 6) is 0.852. The molecule has 0 aromatic rings. The second-order valence-corrected chi connectivity index (χ2v) is 7.57. The fourth-order valence-corrected chi connectivity index (χ4v) is 4.01. The van der Waals surface area contributed by atoms with E-state index in [1.54, 1.807) is 0 Å². The summed E-state index contributed by atoms with van der Waals surface area (Å²) in [4.78, 5) is 0. The van der Waals surface area contributed by atoms with Crippen molar-refractivity contribution in [3.05, 3.63) is 0 Å². The minimum Gasteiger partial charge on any atom is -0.373 e. The molecule has 0 saturated heterocycles. The molecule has 0 aromatic carbocycles. The maximum absolute atomic E-state index is 6.61. The lowest BCUT2D eigenvalue weighted by molar-refractivity contribution is -0.0733. The third-order valence-corrected chi connectivity index (χ3v) is 5.66. The second-order valence-electron chi connectivity index (χ2n) is 7.57. The van der Waals surface area contributed by atoms with E-state index in [1.807, 2.05) is 0 Å². The van der Waals surface area contributed by atoms with Gasteiger partial charge in [-0.15, -0.1) is 0 Å². The highest BCUT2D eigenvalue weighted by atomic mass is 16.5. The van der Waals surface area contributed by atoms with E-state index in [0.717, 1.165) is 25.1 Å². The van der Waals surface area contributed by atoms with Crippen LogP contribution in [0.25, 0.3) is 0 Å². The Morgan fingerprint density at radius 1 is 0.800 bits per heavy atom. The molecule has 3 rings (SSSR count). The maximum Gasteiger partial charge on any atom is 0.0806 e. The van der Waals surface area contributed by atoms with Gasteiger partial charge < -0.3 is 10.1 Å². The summed E-state index contributed by atoms with van der Waals surface area (Å²) in [6.07, 6.45) is 18.1. The van der Waals surface area contributed by atoms with Gasteiger partial charge in [0.05, 0.1) is 12.2 Å². The lowest BCUT2D eigenvalue weighted by Gasteiger charge is -2.36.